The van der Waals surface area contributed by atoms with Gasteiger partial charge in [0.1, 0.15) is 5.82 Å². The molecular formula is C16H22BrFO2. The van der Waals surface area contributed by atoms with Gasteiger partial charge >= 0.3 is 0 Å². The Balaban J connectivity index is 2.14. The summed E-state index contributed by atoms with van der Waals surface area (Å²) in [5.41, 5.74) is 0.444. The van der Waals surface area contributed by atoms with E-state index in [-0.39, 0.29) is 5.82 Å². The molecule has 3 unspecified atom stereocenters. The van der Waals surface area contributed by atoms with E-state index >= 15 is 0 Å². The first-order valence-electron chi connectivity index (χ1n) is 7.14. The first kappa shape index (κ1) is 15.9. The van der Waals surface area contributed by atoms with Crippen LogP contribution in [-0.2, 0) is 11.2 Å². The van der Waals surface area contributed by atoms with Crippen LogP contribution in [0.25, 0.3) is 0 Å². The van der Waals surface area contributed by atoms with Gasteiger partial charge in [-0.3, -0.25) is 0 Å². The van der Waals surface area contributed by atoms with Crippen LogP contribution in [0.5, 0.6) is 0 Å². The Bertz CT molecular complexity index is 466. The Kier molecular flexibility index (Phi) is 5.21. The topological polar surface area (TPSA) is 29.5 Å². The van der Waals surface area contributed by atoms with E-state index in [1.165, 1.54) is 18.6 Å². The Morgan fingerprint density at radius 2 is 2.30 bits per heavy atom. The number of hydrogen-bond acceptors (Lipinski definition) is 2. The number of ether oxygens (including phenoxy) is 1. The summed E-state index contributed by atoms with van der Waals surface area (Å²) >= 11 is 3.36. The molecule has 112 valence electrons. The normalized spacial score (nSPS) is 28.4. The molecule has 0 saturated heterocycles. The fourth-order valence-electron chi connectivity index (χ4n) is 3.25. The van der Waals surface area contributed by atoms with E-state index in [1.54, 1.807) is 13.2 Å². The maximum atomic E-state index is 13.1. The number of benzene rings is 1. The third-order valence-electron chi connectivity index (χ3n) is 4.43. The van der Waals surface area contributed by atoms with Crippen LogP contribution in [0.4, 0.5) is 4.39 Å². The minimum atomic E-state index is -0.572. The quantitative estimate of drug-likeness (QED) is 0.891. The summed E-state index contributed by atoms with van der Waals surface area (Å²) in [7, 11) is 1.68. The third kappa shape index (κ3) is 3.41. The van der Waals surface area contributed by atoms with Crippen molar-refractivity contribution in [1.29, 1.82) is 0 Å². The Hall–Kier alpha value is -0.450. The number of hydrogen-bond donors (Lipinski definition) is 1. The van der Waals surface area contributed by atoms with Gasteiger partial charge in [-0.1, -0.05) is 41.8 Å². The fraction of sp³-hybridized carbons (Fsp3) is 0.625. The van der Waals surface area contributed by atoms with Gasteiger partial charge in [-0.25, -0.2) is 4.39 Å². The molecule has 0 amide bonds. The van der Waals surface area contributed by atoms with Crippen LogP contribution < -0.4 is 0 Å². The zero-order valence-electron chi connectivity index (χ0n) is 12.0. The van der Waals surface area contributed by atoms with Crippen LogP contribution in [0.1, 0.15) is 38.2 Å². The molecule has 1 aliphatic rings. The van der Waals surface area contributed by atoms with E-state index in [1.807, 2.05) is 0 Å². The molecule has 1 fully saturated rings. The van der Waals surface area contributed by atoms with Gasteiger partial charge in [-0.05, 0) is 36.5 Å². The van der Waals surface area contributed by atoms with Gasteiger partial charge < -0.3 is 9.84 Å². The highest BCUT2D eigenvalue weighted by Crippen LogP contribution is 2.38. The van der Waals surface area contributed by atoms with Crippen molar-refractivity contribution in [2.24, 2.45) is 5.92 Å². The molecule has 0 aromatic heterocycles. The van der Waals surface area contributed by atoms with Crippen LogP contribution in [0.3, 0.4) is 0 Å². The van der Waals surface area contributed by atoms with Crippen molar-refractivity contribution in [2.45, 2.75) is 50.7 Å². The van der Waals surface area contributed by atoms with E-state index in [9.17, 15) is 9.50 Å². The molecule has 1 N–H and O–H groups in total. The molecular weight excluding hydrogens is 323 g/mol. The SMILES string of the molecule is COC1(C(O)Cc2ccc(F)cc2Br)CCCC(C)C1. The second-order valence-electron chi connectivity index (χ2n) is 5.93. The molecule has 0 radical (unpaired) electrons. The minimum absolute atomic E-state index is 0.275. The summed E-state index contributed by atoms with van der Waals surface area (Å²) in [5.74, 6) is 0.290. The summed E-state index contributed by atoms with van der Waals surface area (Å²) in [6, 6.07) is 4.58. The first-order valence-corrected chi connectivity index (χ1v) is 7.93. The maximum Gasteiger partial charge on any atom is 0.124 e. The highest BCUT2D eigenvalue weighted by molar-refractivity contribution is 9.10. The fourth-order valence-corrected chi connectivity index (χ4v) is 3.76. The molecule has 3 atom stereocenters. The number of halogens is 2. The smallest absolute Gasteiger partial charge is 0.124 e. The molecule has 1 aromatic carbocycles. The van der Waals surface area contributed by atoms with Gasteiger partial charge in [-0.15, -0.1) is 0 Å². The number of rotatable bonds is 4. The molecule has 1 aliphatic carbocycles. The van der Waals surface area contributed by atoms with Crippen molar-refractivity contribution in [3.05, 3.63) is 34.1 Å². The predicted octanol–water partition coefficient (Wildman–Crippen LogP) is 4.09. The maximum absolute atomic E-state index is 13.1. The second kappa shape index (κ2) is 6.54. The molecule has 0 spiro atoms. The predicted molar refractivity (Wildman–Crippen MR) is 81.2 cm³/mol. The second-order valence-corrected chi connectivity index (χ2v) is 6.78. The summed E-state index contributed by atoms with van der Waals surface area (Å²) in [5, 5.41) is 10.6. The number of aliphatic hydroxyl groups excluding tert-OH is 1. The Labute approximate surface area is 128 Å². The van der Waals surface area contributed by atoms with Gasteiger partial charge in [0.25, 0.3) is 0 Å². The van der Waals surface area contributed by atoms with Crippen LogP contribution in [-0.4, -0.2) is 23.9 Å². The molecule has 0 bridgehead atoms. The van der Waals surface area contributed by atoms with E-state index < -0.39 is 11.7 Å². The van der Waals surface area contributed by atoms with E-state index in [2.05, 4.69) is 22.9 Å². The minimum Gasteiger partial charge on any atom is -0.390 e. The average Bonchev–Trinajstić information content (AvgIpc) is 2.41. The lowest BCUT2D eigenvalue weighted by molar-refractivity contribution is -0.131. The lowest BCUT2D eigenvalue weighted by atomic mass is 9.74. The summed E-state index contributed by atoms with van der Waals surface area (Å²) < 4.78 is 19.5. The van der Waals surface area contributed by atoms with E-state index in [0.29, 0.717) is 16.8 Å². The van der Waals surface area contributed by atoms with Crippen molar-refractivity contribution < 1.29 is 14.2 Å². The van der Waals surface area contributed by atoms with Crippen molar-refractivity contribution in [3.63, 3.8) is 0 Å². The summed E-state index contributed by atoms with van der Waals surface area (Å²) in [6.45, 7) is 2.20. The van der Waals surface area contributed by atoms with Gasteiger partial charge in [0, 0.05) is 18.0 Å². The van der Waals surface area contributed by atoms with Gasteiger partial charge in [0.15, 0.2) is 0 Å². The van der Waals surface area contributed by atoms with Crippen LogP contribution >= 0.6 is 15.9 Å². The van der Waals surface area contributed by atoms with Gasteiger partial charge in [-0.2, -0.15) is 0 Å². The number of methoxy groups -OCH3 is 1. The van der Waals surface area contributed by atoms with Crippen LogP contribution in [0.2, 0.25) is 0 Å². The zero-order chi connectivity index (χ0) is 14.8. The summed E-state index contributed by atoms with van der Waals surface area (Å²) in [4.78, 5) is 0. The monoisotopic (exact) mass is 344 g/mol. The summed E-state index contributed by atoms with van der Waals surface area (Å²) in [6.07, 6.45) is 3.94. The lowest BCUT2D eigenvalue weighted by Crippen LogP contribution is -2.48. The average molecular weight is 345 g/mol. The number of aliphatic hydroxyl groups is 1. The first-order chi connectivity index (χ1) is 9.47. The third-order valence-corrected chi connectivity index (χ3v) is 5.17. The van der Waals surface area contributed by atoms with Crippen molar-refractivity contribution in [2.75, 3.05) is 7.11 Å². The lowest BCUT2D eigenvalue weighted by Gasteiger charge is -2.42. The zero-order valence-corrected chi connectivity index (χ0v) is 13.6. The van der Waals surface area contributed by atoms with Crippen molar-refractivity contribution in [3.8, 4) is 0 Å². The van der Waals surface area contributed by atoms with Crippen molar-refractivity contribution >= 4 is 15.9 Å². The molecule has 1 saturated carbocycles. The Morgan fingerprint density at radius 3 is 2.90 bits per heavy atom. The molecule has 2 rings (SSSR count). The highest BCUT2D eigenvalue weighted by Gasteiger charge is 2.41. The molecule has 20 heavy (non-hydrogen) atoms. The largest absolute Gasteiger partial charge is 0.390 e. The van der Waals surface area contributed by atoms with Gasteiger partial charge in [0.05, 0.1) is 11.7 Å². The molecule has 2 nitrogen and oxygen atoms in total. The standard InChI is InChI=1S/C16H22BrFO2/c1-11-4-3-7-16(10-11,20-2)15(19)8-12-5-6-13(18)9-14(12)17/h5-6,9,11,15,19H,3-4,7-8,10H2,1-2H3. The van der Waals surface area contributed by atoms with Crippen LogP contribution in [0, 0.1) is 11.7 Å². The molecule has 0 aliphatic heterocycles. The van der Waals surface area contributed by atoms with E-state index in [4.69, 9.17) is 4.74 Å². The van der Waals surface area contributed by atoms with Crippen LogP contribution in [0.15, 0.2) is 22.7 Å². The molecule has 0 heterocycles. The molecule has 1 aromatic rings. The van der Waals surface area contributed by atoms with Gasteiger partial charge in [0.2, 0.25) is 0 Å². The van der Waals surface area contributed by atoms with E-state index in [0.717, 1.165) is 24.8 Å². The molecule has 4 heteroatoms. The van der Waals surface area contributed by atoms with Crippen molar-refractivity contribution in [1.82, 2.24) is 0 Å². The highest BCUT2D eigenvalue weighted by atomic mass is 79.9. The Morgan fingerprint density at radius 1 is 1.55 bits per heavy atom.